The van der Waals surface area contributed by atoms with Crippen molar-refractivity contribution in [3.8, 4) is 11.5 Å². The van der Waals surface area contributed by atoms with Crippen LogP contribution < -0.4 is 14.8 Å². The van der Waals surface area contributed by atoms with E-state index >= 15 is 0 Å². The number of ether oxygens (including phenoxy) is 3. The summed E-state index contributed by atoms with van der Waals surface area (Å²) in [5.74, 6) is 1.84. The van der Waals surface area contributed by atoms with Gasteiger partial charge in [0, 0.05) is 25.7 Å². The van der Waals surface area contributed by atoms with E-state index in [9.17, 15) is 4.79 Å². The minimum atomic E-state index is -0.0246. The summed E-state index contributed by atoms with van der Waals surface area (Å²) in [6.07, 6.45) is 1.15. The Bertz CT molecular complexity index is 573. The molecule has 1 heterocycles. The van der Waals surface area contributed by atoms with Crippen molar-refractivity contribution in [2.75, 3.05) is 40.0 Å². The van der Waals surface area contributed by atoms with E-state index in [1.807, 2.05) is 18.2 Å². The molecule has 26 heavy (non-hydrogen) atoms. The summed E-state index contributed by atoms with van der Waals surface area (Å²) >= 11 is 0. The SMILES string of the molecule is CCC(C)C(C)NCc1ccc(OCC(=O)N2CCOCC2)c(OC)c1. The van der Waals surface area contributed by atoms with Crippen LogP contribution in [0.5, 0.6) is 11.5 Å². The molecule has 1 aliphatic rings. The second-order valence-corrected chi connectivity index (χ2v) is 6.82. The van der Waals surface area contributed by atoms with E-state index in [0.29, 0.717) is 49.8 Å². The van der Waals surface area contributed by atoms with Crippen molar-refractivity contribution in [3.05, 3.63) is 23.8 Å². The molecule has 0 radical (unpaired) electrons. The van der Waals surface area contributed by atoms with Crippen molar-refractivity contribution in [3.63, 3.8) is 0 Å². The highest BCUT2D eigenvalue weighted by Crippen LogP contribution is 2.28. The Morgan fingerprint density at radius 3 is 2.65 bits per heavy atom. The van der Waals surface area contributed by atoms with Crippen LogP contribution in [-0.2, 0) is 16.1 Å². The Kier molecular flexibility index (Phi) is 8.19. The van der Waals surface area contributed by atoms with Crippen molar-refractivity contribution < 1.29 is 19.0 Å². The molecule has 1 aromatic rings. The van der Waals surface area contributed by atoms with E-state index in [-0.39, 0.29) is 12.5 Å². The van der Waals surface area contributed by atoms with Crippen LogP contribution in [0.15, 0.2) is 18.2 Å². The Hall–Kier alpha value is -1.79. The summed E-state index contributed by atoms with van der Waals surface area (Å²) in [4.78, 5) is 14.0. The molecular weight excluding hydrogens is 332 g/mol. The van der Waals surface area contributed by atoms with Gasteiger partial charge in [0.25, 0.3) is 5.91 Å². The summed E-state index contributed by atoms with van der Waals surface area (Å²) in [6.45, 7) is 9.87. The second-order valence-electron chi connectivity index (χ2n) is 6.82. The van der Waals surface area contributed by atoms with E-state index in [4.69, 9.17) is 14.2 Å². The van der Waals surface area contributed by atoms with Gasteiger partial charge in [-0.1, -0.05) is 26.3 Å². The molecule has 0 aliphatic carbocycles. The van der Waals surface area contributed by atoms with Gasteiger partial charge in [0.05, 0.1) is 20.3 Å². The molecule has 1 amide bonds. The molecule has 146 valence electrons. The molecule has 1 saturated heterocycles. The van der Waals surface area contributed by atoms with Crippen LogP contribution in [0.3, 0.4) is 0 Å². The number of morpholine rings is 1. The summed E-state index contributed by atoms with van der Waals surface area (Å²) < 4.78 is 16.4. The molecule has 0 spiro atoms. The van der Waals surface area contributed by atoms with Crippen LogP contribution in [0.1, 0.15) is 32.8 Å². The highest BCUT2D eigenvalue weighted by atomic mass is 16.5. The molecule has 6 heteroatoms. The third-order valence-corrected chi connectivity index (χ3v) is 5.07. The lowest BCUT2D eigenvalue weighted by Gasteiger charge is -2.26. The standard InChI is InChI=1S/C20H32N2O4/c1-5-15(2)16(3)21-13-17-6-7-18(19(12-17)24-4)26-14-20(23)22-8-10-25-11-9-22/h6-7,12,15-16,21H,5,8-11,13-14H2,1-4H3. The van der Waals surface area contributed by atoms with Gasteiger partial charge in [-0.3, -0.25) is 4.79 Å². The van der Waals surface area contributed by atoms with Crippen LogP contribution in [-0.4, -0.2) is 56.9 Å². The van der Waals surface area contributed by atoms with Gasteiger partial charge in [-0.2, -0.15) is 0 Å². The molecule has 0 saturated carbocycles. The number of rotatable bonds is 9. The lowest BCUT2D eigenvalue weighted by atomic mass is 10.0. The van der Waals surface area contributed by atoms with E-state index < -0.39 is 0 Å². The van der Waals surface area contributed by atoms with Crippen LogP contribution in [0, 0.1) is 5.92 Å². The predicted octanol–water partition coefficient (Wildman–Crippen LogP) is 2.46. The van der Waals surface area contributed by atoms with Crippen molar-refractivity contribution >= 4 is 5.91 Å². The molecular formula is C20H32N2O4. The fourth-order valence-electron chi connectivity index (χ4n) is 2.82. The Morgan fingerprint density at radius 1 is 1.27 bits per heavy atom. The maximum Gasteiger partial charge on any atom is 0.260 e. The monoisotopic (exact) mass is 364 g/mol. The first-order valence-electron chi connectivity index (χ1n) is 9.43. The molecule has 0 bridgehead atoms. The average molecular weight is 364 g/mol. The van der Waals surface area contributed by atoms with Gasteiger partial charge in [0.1, 0.15) is 0 Å². The van der Waals surface area contributed by atoms with Crippen LogP contribution in [0.2, 0.25) is 0 Å². The first kappa shape index (κ1) is 20.5. The highest BCUT2D eigenvalue weighted by molar-refractivity contribution is 5.78. The number of hydrogen-bond donors (Lipinski definition) is 1. The lowest BCUT2D eigenvalue weighted by Crippen LogP contribution is -2.43. The number of hydrogen-bond acceptors (Lipinski definition) is 5. The van der Waals surface area contributed by atoms with Gasteiger partial charge in [0.2, 0.25) is 0 Å². The van der Waals surface area contributed by atoms with E-state index in [1.165, 1.54) is 0 Å². The number of benzene rings is 1. The lowest BCUT2D eigenvalue weighted by molar-refractivity contribution is -0.137. The quantitative estimate of drug-likeness (QED) is 0.729. The van der Waals surface area contributed by atoms with Gasteiger partial charge in [0.15, 0.2) is 18.1 Å². The first-order valence-corrected chi connectivity index (χ1v) is 9.43. The molecule has 6 nitrogen and oxygen atoms in total. The van der Waals surface area contributed by atoms with E-state index in [2.05, 4.69) is 26.1 Å². The van der Waals surface area contributed by atoms with Crippen molar-refractivity contribution in [2.45, 2.75) is 39.8 Å². The van der Waals surface area contributed by atoms with E-state index in [0.717, 1.165) is 18.5 Å². The van der Waals surface area contributed by atoms with Crippen LogP contribution in [0.25, 0.3) is 0 Å². The number of methoxy groups -OCH3 is 1. The second kappa shape index (κ2) is 10.4. The predicted molar refractivity (Wildman–Crippen MR) is 102 cm³/mol. The largest absolute Gasteiger partial charge is 0.493 e. The van der Waals surface area contributed by atoms with Gasteiger partial charge in [-0.25, -0.2) is 0 Å². The maximum atomic E-state index is 12.2. The summed E-state index contributed by atoms with van der Waals surface area (Å²) in [5, 5.41) is 3.54. The zero-order valence-corrected chi connectivity index (χ0v) is 16.4. The zero-order chi connectivity index (χ0) is 18.9. The molecule has 2 unspecified atom stereocenters. The molecule has 1 aromatic carbocycles. The fraction of sp³-hybridized carbons (Fsp3) is 0.650. The maximum absolute atomic E-state index is 12.2. The number of carbonyl (C=O) groups is 1. The topological polar surface area (TPSA) is 60.0 Å². The van der Waals surface area contributed by atoms with Gasteiger partial charge < -0.3 is 24.4 Å². The number of nitrogens with one attached hydrogen (secondary N) is 1. The smallest absolute Gasteiger partial charge is 0.260 e. The fourth-order valence-corrected chi connectivity index (χ4v) is 2.82. The number of carbonyl (C=O) groups excluding carboxylic acids is 1. The Balaban J connectivity index is 1.90. The van der Waals surface area contributed by atoms with Crippen LogP contribution >= 0.6 is 0 Å². The summed E-state index contributed by atoms with van der Waals surface area (Å²) in [6, 6.07) is 6.29. The van der Waals surface area contributed by atoms with Crippen molar-refractivity contribution in [1.29, 1.82) is 0 Å². The number of nitrogens with zero attached hydrogens (tertiary/aromatic N) is 1. The molecule has 1 N–H and O–H groups in total. The molecule has 1 aliphatic heterocycles. The van der Waals surface area contributed by atoms with Gasteiger partial charge in [-0.05, 0) is 30.5 Å². The molecule has 2 rings (SSSR count). The Labute approximate surface area is 156 Å². The molecule has 2 atom stereocenters. The summed E-state index contributed by atoms with van der Waals surface area (Å²) in [7, 11) is 1.62. The summed E-state index contributed by atoms with van der Waals surface area (Å²) in [5.41, 5.74) is 1.13. The van der Waals surface area contributed by atoms with E-state index in [1.54, 1.807) is 12.0 Å². The third-order valence-electron chi connectivity index (χ3n) is 5.07. The molecule has 1 fully saturated rings. The zero-order valence-electron chi connectivity index (χ0n) is 16.4. The van der Waals surface area contributed by atoms with Gasteiger partial charge in [-0.15, -0.1) is 0 Å². The Morgan fingerprint density at radius 2 is 2.00 bits per heavy atom. The van der Waals surface area contributed by atoms with Crippen molar-refractivity contribution in [2.24, 2.45) is 5.92 Å². The minimum absolute atomic E-state index is 0.0129. The highest BCUT2D eigenvalue weighted by Gasteiger charge is 2.18. The normalized spacial score (nSPS) is 16.8. The third kappa shape index (κ3) is 5.88. The number of amides is 1. The van der Waals surface area contributed by atoms with Crippen molar-refractivity contribution in [1.82, 2.24) is 10.2 Å². The average Bonchev–Trinajstić information content (AvgIpc) is 2.70. The first-order chi connectivity index (χ1) is 12.5. The molecule has 0 aromatic heterocycles. The van der Waals surface area contributed by atoms with Crippen LogP contribution in [0.4, 0.5) is 0 Å². The van der Waals surface area contributed by atoms with Gasteiger partial charge >= 0.3 is 0 Å². The minimum Gasteiger partial charge on any atom is -0.493 e.